The molecule has 1 saturated carbocycles. The van der Waals surface area contributed by atoms with Gasteiger partial charge in [-0.25, -0.2) is 0 Å². The molecule has 0 aromatic rings. The van der Waals surface area contributed by atoms with Crippen LogP contribution < -0.4 is 5.32 Å². The Labute approximate surface area is 107 Å². The third kappa shape index (κ3) is 4.97. The Morgan fingerprint density at radius 1 is 1.06 bits per heavy atom. The Morgan fingerprint density at radius 3 is 2.12 bits per heavy atom. The first-order valence-corrected chi connectivity index (χ1v) is 7.59. The van der Waals surface area contributed by atoms with Gasteiger partial charge in [-0.05, 0) is 44.4 Å². The van der Waals surface area contributed by atoms with Crippen LogP contribution in [0.15, 0.2) is 0 Å². The van der Waals surface area contributed by atoms with Gasteiger partial charge in [-0.3, -0.25) is 0 Å². The van der Waals surface area contributed by atoms with E-state index in [4.69, 9.17) is 0 Å². The molecule has 0 aromatic carbocycles. The van der Waals surface area contributed by atoms with Gasteiger partial charge < -0.3 is 10.4 Å². The van der Waals surface area contributed by atoms with Gasteiger partial charge in [-0.2, -0.15) is 0 Å². The van der Waals surface area contributed by atoms with Crippen LogP contribution in [0, 0.1) is 5.92 Å². The minimum atomic E-state index is -0.486. The first kappa shape index (κ1) is 15.0. The first-order chi connectivity index (χ1) is 8.13. The minimum absolute atomic E-state index is 0.486. The van der Waals surface area contributed by atoms with E-state index in [0.29, 0.717) is 6.04 Å². The van der Waals surface area contributed by atoms with E-state index in [9.17, 15) is 5.11 Å². The van der Waals surface area contributed by atoms with Gasteiger partial charge in [0.05, 0.1) is 5.60 Å². The molecular weight excluding hydrogens is 210 g/mol. The molecule has 0 radical (unpaired) electrons. The van der Waals surface area contributed by atoms with Crippen LogP contribution in [0.2, 0.25) is 0 Å². The molecule has 17 heavy (non-hydrogen) atoms. The molecule has 0 saturated heterocycles. The van der Waals surface area contributed by atoms with E-state index in [1.807, 2.05) is 0 Å². The van der Waals surface area contributed by atoms with Crippen molar-refractivity contribution in [3.8, 4) is 0 Å². The smallest absolute Gasteiger partial charge is 0.0766 e. The van der Waals surface area contributed by atoms with E-state index in [2.05, 4.69) is 26.1 Å². The quantitative estimate of drug-likeness (QED) is 0.715. The predicted octanol–water partition coefficient (Wildman–Crippen LogP) is 3.49. The number of nitrogens with one attached hydrogen (secondary N) is 1. The van der Waals surface area contributed by atoms with Crippen molar-refractivity contribution in [2.45, 2.75) is 83.8 Å². The number of hydrogen-bond donors (Lipinski definition) is 2. The molecule has 2 N–H and O–H groups in total. The maximum atomic E-state index is 10.2. The molecule has 1 fully saturated rings. The van der Waals surface area contributed by atoms with E-state index in [0.717, 1.165) is 25.3 Å². The molecule has 0 aliphatic heterocycles. The van der Waals surface area contributed by atoms with Crippen molar-refractivity contribution in [2.75, 3.05) is 6.54 Å². The van der Waals surface area contributed by atoms with Gasteiger partial charge in [0.1, 0.15) is 0 Å². The second kappa shape index (κ2) is 7.38. The zero-order chi connectivity index (χ0) is 12.7. The van der Waals surface area contributed by atoms with Crippen LogP contribution >= 0.6 is 0 Å². The standard InChI is InChI=1S/C15H31NO/c1-4-7-13-8-10-14(11-9-13)16-12-15(17,5-2)6-3/h13-14,16-17H,4-12H2,1-3H3. The molecule has 102 valence electrons. The number of hydrogen-bond acceptors (Lipinski definition) is 2. The third-order valence-corrected chi connectivity index (χ3v) is 4.58. The average molecular weight is 241 g/mol. The minimum Gasteiger partial charge on any atom is -0.389 e. The molecule has 1 rings (SSSR count). The van der Waals surface area contributed by atoms with Crippen molar-refractivity contribution in [1.82, 2.24) is 5.32 Å². The first-order valence-electron chi connectivity index (χ1n) is 7.59. The molecule has 0 aromatic heterocycles. The van der Waals surface area contributed by atoms with Crippen LogP contribution in [0.3, 0.4) is 0 Å². The average Bonchev–Trinajstić information content (AvgIpc) is 2.38. The van der Waals surface area contributed by atoms with Crippen LogP contribution in [0.5, 0.6) is 0 Å². The fraction of sp³-hybridized carbons (Fsp3) is 1.00. The van der Waals surface area contributed by atoms with Gasteiger partial charge >= 0.3 is 0 Å². The molecule has 2 heteroatoms. The van der Waals surface area contributed by atoms with Crippen LogP contribution in [-0.4, -0.2) is 23.3 Å². The lowest BCUT2D eigenvalue weighted by Crippen LogP contribution is -2.44. The predicted molar refractivity (Wildman–Crippen MR) is 74.2 cm³/mol. The van der Waals surface area contributed by atoms with E-state index >= 15 is 0 Å². The van der Waals surface area contributed by atoms with Crippen LogP contribution in [-0.2, 0) is 0 Å². The molecule has 0 atom stereocenters. The maximum Gasteiger partial charge on any atom is 0.0766 e. The second-order valence-corrected chi connectivity index (χ2v) is 5.82. The van der Waals surface area contributed by atoms with Gasteiger partial charge in [-0.1, -0.05) is 33.6 Å². The normalized spacial score (nSPS) is 26.1. The van der Waals surface area contributed by atoms with Crippen LogP contribution in [0.1, 0.15) is 72.1 Å². The molecule has 0 amide bonds. The highest BCUT2D eigenvalue weighted by atomic mass is 16.3. The Balaban J connectivity index is 2.22. The lowest BCUT2D eigenvalue weighted by Gasteiger charge is -2.33. The summed E-state index contributed by atoms with van der Waals surface area (Å²) in [4.78, 5) is 0. The Morgan fingerprint density at radius 2 is 1.65 bits per heavy atom. The summed E-state index contributed by atoms with van der Waals surface area (Å²) in [5, 5.41) is 13.8. The van der Waals surface area contributed by atoms with Crippen LogP contribution in [0.4, 0.5) is 0 Å². The van der Waals surface area contributed by atoms with E-state index < -0.39 is 5.60 Å². The summed E-state index contributed by atoms with van der Waals surface area (Å²) in [6.45, 7) is 7.20. The fourth-order valence-electron chi connectivity index (χ4n) is 2.90. The largest absolute Gasteiger partial charge is 0.389 e. The highest BCUT2D eigenvalue weighted by molar-refractivity contribution is 4.83. The molecular formula is C15H31NO. The highest BCUT2D eigenvalue weighted by Gasteiger charge is 2.25. The summed E-state index contributed by atoms with van der Waals surface area (Å²) in [5.74, 6) is 0.967. The topological polar surface area (TPSA) is 32.3 Å². The Bertz CT molecular complexity index is 193. The van der Waals surface area contributed by atoms with Crippen molar-refractivity contribution in [1.29, 1.82) is 0 Å². The Hall–Kier alpha value is -0.0800. The lowest BCUT2D eigenvalue weighted by molar-refractivity contribution is 0.0280. The maximum absolute atomic E-state index is 10.2. The molecule has 1 aliphatic rings. The molecule has 0 spiro atoms. The summed E-state index contributed by atoms with van der Waals surface area (Å²) in [6, 6.07) is 0.646. The van der Waals surface area contributed by atoms with Crippen molar-refractivity contribution < 1.29 is 5.11 Å². The molecule has 0 heterocycles. The van der Waals surface area contributed by atoms with Crippen molar-refractivity contribution >= 4 is 0 Å². The van der Waals surface area contributed by atoms with E-state index in [1.165, 1.54) is 38.5 Å². The van der Waals surface area contributed by atoms with Gasteiger partial charge in [0.25, 0.3) is 0 Å². The summed E-state index contributed by atoms with van der Waals surface area (Å²) in [5.41, 5.74) is -0.486. The van der Waals surface area contributed by atoms with E-state index in [-0.39, 0.29) is 0 Å². The monoisotopic (exact) mass is 241 g/mol. The molecule has 0 bridgehead atoms. The third-order valence-electron chi connectivity index (χ3n) is 4.58. The van der Waals surface area contributed by atoms with Crippen LogP contribution in [0.25, 0.3) is 0 Å². The zero-order valence-corrected chi connectivity index (χ0v) is 12.0. The SMILES string of the molecule is CCCC1CCC(NCC(O)(CC)CC)CC1. The summed E-state index contributed by atoms with van der Waals surface area (Å²) < 4.78 is 0. The second-order valence-electron chi connectivity index (χ2n) is 5.82. The summed E-state index contributed by atoms with van der Waals surface area (Å²) in [7, 11) is 0. The van der Waals surface area contributed by atoms with Gasteiger partial charge in [0.15, 0.2) is 0 Å². The lowest BCUT2D eigenvalue weighted by atomic mass is 9.83. The number of rotatable bonds is 7. The van der Waals surface area contributed by atoms with Crippen molar-refractivity contribution in [3.63, 3.8) is 0 Å². The molecule has 2 nitrogen and oxygen atoms in total. The molecule has 1 aliphatic carbocycles. The Kier molecular flexibility index (Phi) is 6.50. The fourth-order valence-corrected chi connectivity index (χ4v) is 2.90. The summed E-state index contributed by atoms with van der Waals surface area (Å²) in [6.07, 6.45) is 9.78. The zero-order valence-electron chi connectivity index (χ0n) is 12.0. The van der Waals surface area contributed by atoms with Gasteiger partial charge in [0.2, 0.25) is 0 Å². The van der Waals surface area contributed by atoms with Gasteiger partial charge in [0, 0.05) is 12.6 Å². The van der Waals surface area contributed by atoms with Crippen molar-refractivity contribution in [3.05, 3.63) is 0 Å². The van der Waals surface area contributed by atoms with Crippen molar-refractivity contribution in [2.24, 2.45) is 5.92 Å². The van der Waals surface area contributed by atoms with E-state index in [1.54, 1.807) is 0 Å². The van der Waals surface area contributed by atoms with Gasteiger partial charge in [-0.15, -0.1) is 0 Å². The summed E-state index contributed by atoms with van der Waals surface area (Å²) >= 11 is 0. The highest BCUT2D eigenvalue weighted by Crippen LogP contribution is 2.28. The molecule has 0 unspecified atom stereocenters. The number of aliphatic hydroxyl groups is 1.